The average molecular weight is 185 g/mol. The second-order valence-corrected chi connectivity index (χ2v) is 3.03. The van der Waals surface area contributed by atoms with E-state index >= 15 is 0 Å². The van der Waals surface area contributed by atoms with Crippen LogP contribution in [0.1, 0.15) is 0 Å². The van der Waals surface area contributed by atoms with Gasteiger partial charge in [-0.2, -0.15) is 0 Å². The molecule has 2 heterocycles. The molecule has 0 aliphatic carbocycles. The molecule has 0 bridgehead atoms. The fraction of sp³-hybridized carbons (Fsp3) is 0. The molecule has 0 aliphatic rings. The molecule has 0 fully saturated rings. The Morgan fingerprint density at radius 1 is 1.07 bits per heavy atom. The standard InChI is InChI=1S/C11H7NO2/c1-2-4-9-8(3-1)5-14-11(9)10-6-13-7-12-10/h1-7H. The first-order valence-electron chi connectivity index (χ1n) is 4.30. The summed E-state index contributed by atoms with van der Waals surface area (Å²) in [6.45, 7) is 0. The van der Waals surface area contributed by atoms with Gasteiger partial charge in [-0.25, -0.2) is 4.98 Å². The molecule has 3 nitrogen and oxygen atoms in total. The molecule has 3 rings (SSSR count). The first kappa shape index (κ1) is 7.38. The largest absolute Gasteiger partial charge is 0.461 e. The van der Waals surface area contributed by atoms with Crippen molar-refractivity contribution in [2.24, 2.45) is 0 Å². The first-order chi connectivity index (χ1) is 6.95. The van der Waals surface area contributed by atoms with Crippen molar-refractivity contribution in [3.63, 3.8) is 0 Å². The maximum Gasteiger partial charge on any atom is 0.181 e. The number of nitrogens with zero attached hydrogens (tertiary/aromatic N) is 1. The van der Waals surface area contributed by atoms with Gasteiger partial charge in [0.05, 0.1) is 6.26 Å². The van der Waals surface area contributed by atoms with Gasteiger partial charge in [-0.3, -0.25) is 0 Å². The molecular weight excluding hydrogens is 178 g/mol. The number of furan rings is 1. The third-order valence-corrected chi connectivity index (χ3v) is 2.17. The van der Waals surface area contributed by atoms with Gasteiger partial charge in [0.15, 0.2) is 12.2 Å². The predicted molar refractivity (Wildman–Crippen MR) is 51.7 cm³/mol. The maximum absolute atomic E-state index is 5.44. The minimum atomic E-state index is 0.728. The highest BCUT2D eigenvalue weighted by Gasteiger charge is 2.09. The Hall–Kier alpha value is -2.03. The van der Waals surface area contributed by atoms with E-state index < -0.39 is 0 Å². The fourth-order valence-corrected chi connectivity index (χ4v) is 1.52. The monoisotopic (exact) mass is 185 g/mol. The summed E-state index contributed by atoms with van der Waals surface area (Å²) < 4.78 is 10.4. The van der Waals surface area contributed by atoms with Crippen molar-refractivity contribution < 1.29 is 8.83 Å². The molecule has 0 saturated heterocycles. The molecule has 2 aromatic heterocycles. The van der Waals surface area contributed by atoms with E-state index in [4.69, 9.17) is 8.83 Å². The highest BCUT2D eigenvalue weighted by Crippen LogP contribution is 2.28. The van der Waals surface area contributed by atoms with Gasteiger partial charge in [-0.15, -0.1) is 0 Å². The van der Waals surface area contributed by atoms with Crippen LogP contribution in [0.5, 0.6) is 0 Å². The summed E-state index contributed by atoms with van der Waals surface area (Å²) in [5.41, 5.74) is 0.728. The Labute approximate surface area is 80.0 Å². The number of hydrogen-bond donors (Lipinski definition) is 0. The van der Waals surface area contributed by atoms with Crippen molar-refractivity contribution >= 4 is 10.8 Å². The summed E-state index contributed by atoms with van der Waals surface area (Å²) in [7, 11) is 0. The van der Waals surface area contributed by atoms with Crippen LogP contribution in [0.15, 0.2) is 52.0 Å². The molecule has 68 valence electrons. The molecule has 0 spiro atoms. The number of hydrogen-bond acceptors (Lipinski definition) is 3. The molecular formula is C11H7NO2. The Balaban J connectivity index is 2.33. The molecule has 14 heavy (non-hydrogen) atoms. The molecule has 0 saturated carbocycles. The van der Waals surface area contributed by atoms with Gasteiger partial charge in [-0.1, -0.05) is 24.3 Å². The first-order valence-corrected chi connectivity index (χ1v) is 4.30. The summed E-state index contributed by atoms with van der Waals surface area (Å²) in [6.07, 6.45) is 4.69. The summed E-state index contributed by atoms with van der Waals surface area (Å²) in [6, 6.07) is 7.96. The zero-order chi connectivity index (χ0) is 9.38. The van der Waals surface area contributed by atoms with Gasteiger partial charge in [0.25, 0.3) is 0 Å². The van der Waals surface area contributed by atoms with E-state index in [1.165, 1.54) is 6.39 Å². The Morgan fingerprint density at radius 2 is 2.00 bits per heavy atom. The van der Waals surface area contributed by atoms with Gasteiger partial charge in [-0.05, 0) is 0 Å². The summed E-state index contributed by atoms with van der Waals surface area (Å²) in [5.74, 6) is 0.759. The molecule has 0 N–H and O–H groups in total. The average Bonchev–Trinajstić information content (AvgIpc) is 2.85. The smallest absolute Gasteiger partial charge is 0.181 e. The van der Waals surface area contributed by atoms with Crippen molar-refractivity contribution in [1.29, 1.82) is 0 Å². The van der Waals surface area contributed by atoms with Crippen LogP contribution in [0.2, 0.25) is 0 Å². The number of aromatic nitrogens is 1. The van der Waals surface area contributed by atoms with Crippen LogP contribution in [0, 0.1) is 0 Å². The van der Waals surface area contributed by atoms with Gasteiger partial charge in [0, 0.05) is 10.8 Å². The summed E-state index contributed by atoms with van der Waals surface area (Å²) in [5, 5.41) is 2.13. The van der Waals surface area contributed by atoms with Crippen molar-refractivity contribution in [2.45, 2.75) is 0 Å². The van der Waals surface area contributed by atoms with E-state index in [-0.39, 0.29) is 0 Å². The number of fused-ring (bicyclic) bond motifs is 1. The predicted octanol–water partition coefficient (Wildman–Crippen LogP) is 3.09. The van der Waals surface area contributed by atoms with E-state index in [1.54, 1.807) is 12.5 Å². The maximum atomic E-state index is 5.44. The van der Waals surface area contributed by atoms with Crippen LogP contribution >= 0.6 is 0 Å². The fourth-order valence-electron chi connectivity index (χ4n) is 1.52. The van der Waals surface area contributed by atoms with E-state index in [0.717, 1.165) is 22.2 Å². The Bertz CT molecular complexity index is 551. The van der Waals surface area contributed by atoms with E-state index in [0.29, 0.717) is 0 Å². The molecule has 1 aromatic carbocycles. The minimum Gasteiger partial charge on any atom is -0.461 e. The van der Waals surface area contributed by atoms with Crippen LogP contribution in [0.25, 0.3) is 22.2 Å². The minimum absolute atomic E-state index is 0.728. The van der Waals surface area contributed by atoms with Gasteiger partial charge in [0.1, 0.15) is 12.0 Å². The van der Waals surface area contributed by atoms with Crippen molar-refractivity contribution in [1.82, 2.24) is 4.98 Å². The highest BCUT2D eigenvalue weighted by molar-refractivity contribution is 5.92. The topological polar surface area (TPSA) is 39.2 Å². The lowest BCUT2D eigenvalue weighted by molar-refractivity contribution is 0.555. The highest BCUT2D eigenvalue weighted by atomic mass is 16.3. The molecule has 3 aromatic rings. The lowest BCUT2D eigenvalue weighted by atomic mass is 10.1. The second-order valence-electron chi connectivity index (χ2n) is 3.03. The summed E-state index contributed by atoms with van der Waals surface area (Å²) >= 11 is 0. The third-order valence-electron chi connectivity index (χ3n) is 2.17. The quantitative estimate of drug-likeness (QED) is 0.584. The lowest BCUT2D eigenvalue weighted by Gasteiger charge is -1.89. The van der Waals surface area contributed by atoms with E-state index in [1.807, 2.05) is 24.3 Å². The lowest BCUT2D eigenvalue weighted by Crippen LogP contribution is -1.72. The number of rotatable bonds is 1. The zero-order valence-electron chi connectivity index (χ0n) is 7.31. The van der Waals surface area contributed by atoms with Gasteiger partial charge < -0.3 is 8.83 Å². The van der Waals surface area contributed by atoms with Crippen molar-refractivity contribution in [3.05, 3.63) is 43.2 Å². The zero-order valence-corrected chi connectivity index (χ0v) is 7.31. The van der Waals surface area contributed by atoms with Crippen LogP contribution in [-0.4, -0.2) is 4.98 Å². The number of oxazole rings is 1. The SMILES string of the molecule is c1ccc2c(-c3cocn3)occ2c1. The van der Waals surface area contributed by atoms with Gasteiger partial charge >= 0.3 is 0 Å². The summed E-state index contributed by atoms with van der Waals surface area (Å²) in [4.78, 5) is 4.05. The van der Waals surface area contributed by atoms with Crippen LogP contribution in [0.3, 0.4) is 0 Å². The number of benzene rings is 1. The normalized spacial score (nSPS) is 10.9. The van der Waals surface area contributed by atoms with Crippen LogP contribution in [0.4, 0.5) is 0 Å². The molecule has 0 atom stereocenters. The Kier molecular flexibility index (Phi) is 1.44. The Morgan fingerprint density at radius 3 is 2.86 bits per heavy atom. The molecule has 3 heteroatoms. The van der Waals surface area contributed by atoms with Crippen molar-refractivity contribution in [3.8, 4) is 11.5 Å². The molecule has 0 amide bonds. The second kappa shape index (κ2) is 2.73. The van der Waals surface area contributed by atoms with E-state index in [9.17, 15) is 0 Å². The molecule has 0 radical (unpaired) electrons. The molecule has 0 unspecified atom stereocenters. The van der Waals surface area contributed by atoms with Crippen LogP contribution in [-0.2, 0) is 0 Å². The van der Waals surface area contributed by atoms with E-state index in [2.05, 4.69) is 4.98 Å². The van der Waals surface area contributed by atoms with Gasteiger partial charge in [0.2, 0.25) is 0 Å². The van der Waals surface area contributed by atoms with Crippen LogP contribution < -0.4 is 0 Å². The van der Waals surface area contributed by atoms with Crippen molar-refractivity contribution in [2.75, 3.05) is 0 Å². The third kappa shape index (κ3) is 0.956. The molecule has 0 aliphatic heterocycles.